The van der Waals surface area contributed by atoms with Crippen LogP contribution in [-0.2, 0) is 0 Å². The monoisotopic (exact) mass is 285 g/mol. The average molecular weight is 286 g/mol. The van der Waals surface area contributed by atoms with Gasteiger partial charge in [-0.15, -0.1) is 0 Å². The fraction of sp³-hybridized carbons (Fsp3) is 0. The van der Waals surface area contributed by atoms with Crippen molar-refractivity contribution in [2.75, 3.05) is 0 Å². The molecule has 2 rings (SSSR count). The molecular formula is C12H5BrF3. The molecule has 0 saturated heterocycles. The molecule has 0 N–H and O–H groups in total. The van der Waals surface area contributed by atoms with Crippen LogP contribution in [0.15, 0.2) is 34.8 Å². The van der Waals surface area contributed by atoms with Crippen molar-refractivity contribution in [2.45, 2.75) is 0 Å². The highest BCUT2D eigenvalue weighted by Crippen LogP contribution is 2.27. The normalized spacial score (nSPS) is 10.5. The van der Waals surface area contributed by atoms with Crippen molar-refractivity contribution in [2.24, 2.45) is 0 Å². The number of hydrogen-bond acceptors (Lipinski definition) is 0. The maximum absolute atomic E-state index is 13.4. The third-order valence-corrected chi connectivity index (χ3v) is 2.50. The van der Waals surface area contributed by atoms with Gasteiger partial charge in [-0.1, -0.05) is 15.9 Å². The van der Waals surface area contributed by atoms with Crippen LogP contribution in [-0.4, -0.2) is 0 Å². The second-order valence-corrected chi connectivity index (χ2v) is 4.12. The van der Waals surface area contributed by atoms with Crippen LogP contribution in [0.4, 0.5) is 13.2 Å². The van der Waals surface area contributed by atoms with Crippen molar-refractivity contribution >= 4 is 15.9 Å². The fourth-order valence-corrected chi connectivity index (χ4v) is 1.84. The van der Waals surface area contributed by atoms with Crippen LogP contribution in [0.1, 0.15) is 0 Å². The highest BCUT2D eigenvalue weighted by molar-refractivity contribution is 9.10. The molecule has 2 aromatic rings. The molecule has 0 aliphatic heterocycles. The van der Waals surface area contributed by atoms with Crippen molar-refractivity contribution < 1.29 is 13.2 Å². The summed E-state index contributed by atoms with van der Waals surface area (Å²) in [4.78, 5) is 0. The molecule has 0 aliphatic carbocycles. The topological polar surface area (TPSA) is 0 Å². The summed E-state index contributed by atoms with van der Waals surface area (Å²) in [7, 11) is 0. The van der Waals surface area contributed by atoms with Gasteiger partial charge in [0.15, 0.2) is 0 Å². The first-order valence-electron chi connectivity index (χ1n) is 4.39. The van der Waals surface area contributed by atoms with Gasteiger partial charge in [0.05, 0.1) is 0 Å². The Kier molecular flexibility index (Phi) is 3.01. The van der Waals surface area contributed by atoms with Crippen molar-refractivity contribution in [1.29, 1.82) is 0 Å². The van der Waals surface area contributed by atoms with E-state index in [1.807, 2.05) is 0 Å². The standard InChI is InChI=1S/C12H5BrF3/c13-8-3-7(4-10(15)5-8)11-6-9(14)1-2-12(11)16/h2-6H. The van der Waals surface area contributed by atoms with Crippen molar-refractivity contribution in [3.63, 3.8) is 0 Å². The largest absolute Gasteiger partial charge is 0.207 e. The summed E-state index contributed by atoms with van der Waals surface area (Å²) in [5, 5.41) is 0. The molecule has 0 amide bonds. The summed E-state index contributed by atoms with van der Waals surface area (Å²) in [5.74, 6) is -1.84. The minimum absolute atomic E-state index is 0.0106. The number of rotatable bonds is 1. The SMILES string of the molecule is Fc1[c]cc(F)c(-c2cc(F)cc(Br)c2)c1. The van der Waals surface area contributed by atoms with Crippen LogP contribution in [0.2, 0.25) is 0 Å². The van der Waals surface area contributed by atoms with Crippen LogP contribution in [0.3, 0.4) is 0 Å². The van der Waals surface area contributed by atoms with Gasteiger partial charge in [-0.05, 0) is 35.9 Å². The Hall–Kier alpha value is -1.29. The van der Waals surface area contributed by atoms with Gasteiger partial charge in [0, 0.05) is 16.1 Å². The molecule has 0 atom stereocenters. The van der Waals surface area contributed by atoms with Gasteiger partial charge >= 0.3 is 0 Å². The third-order valence-electron chi connectivity index (χ3n) is 2.04. The Balaban J connectivity index is 2.62. The zero-order valence-corrected chi connectivity index (χ0v) is 9.48. The van der Waals surface area contributed by atoms with Crippen LogP contribution < -0.4 is 0 Å². The van der Waals surface area contributed by atoms with E-state index in [0.29, 0.717) is 4.47 Å². The van der Waals surface area contributed by atoms with Gasteiger partial charge in [-0.25, -0.2) is 13.2 Å². The summed E-state index contributed by atoms with van der Waals surface area (Å²) in [6, 6.07) is 7.87. The zero-order valence-electron chi connectivity index (χ0n) is 7.90. The maximum atomic E-state index is 13.4. The first kappa shape index (κ1) is 11.2. The van der Waals surface area contributed by atoms with Gasteiger partial charge in [0.2, 0.25) is 0 Å². The predicted octanol–water partition coefficient (Wildman–Crippen LogP) is 4.33. The maximum Gasteiger partial charge on any atom is 0.131 e. The lowest BCUT2D eigenvalue weighted by atomic mass is 10.1. The van der Waals surface area contributed by atoms with Gasteiger partial charge in [0.25, 0.3) is 0 Å². The lowest BCUT2D eigenvalue weighted by Crippen LogP contribution is -1.88. The Morgan fingerprint density at radius 2 is 1.75 bits per heavy atom. The molecule has 4 heteroatoms. The summed E-state index contributed by atoms with van der Waals surface area (Å²) in [6.45, 7) is 0. The minimum Gasteiger partial charge on any atom is -0.207 e. The van der Waals surface area contributed by atoms with Gasteiger partial charge in [-0.2, -0.15) is 0 Å². The minimum atomic E-state index is -0.684. The van der Waals surface area contributed by atoms with Crippen molar-refractivity contribution in [3.8, 4) is 11.1 Å². The molecule has 0 unspecified atom stereocenters. The molecule has 16 heavy (non-hydrogen) atoms. The highest BCUT2D eigenvalue weighted by atomic mass is 79.9. The van der Waals surface area contributed by atoms with E-state index in [-0.39, 0.29) is 11.1 Å². The van der Waals surface area contributed by atoms with E-state index in [1.54, 1.807) is 0 Å². The van der Waals surface area contributed by atoms with E-state index in [2.05, 4.69) is 22.0 Å². The molecule has 1 radical (unpaired) electrons. The highest BCUT2D eigenvalue weighted by Gasteiger charge is 2.08. The summed E-state index contributed by atoms with van der Waals surface area (Å²) < 4.78 is 39.8. The first-order chi connectivity index (χ1) is 7.56. The van der Waals surface area contributed by atoms with Gasteiger partial charge in [-0.3, -0.25) is 0 Å². The van der Waals surface area contributed by atoms with Crippen LogP contribution >= 0.6 is 15.9 Å². The predicted molar refractivity (Wildman–Crippen MR) is 58.3 cm³/mol. The molecule has 0 nitrogen and oxygen atoms in total. The van der Waals surface area contributed by atoms with E-state index in [4.69, 9.17) is 0 Å². The summed E-state index contributed by atoms with van der Waals surface area (Å²) in [5.41, 5.74) is 0.286. The Morgan fingerprint density at radius 1 is 1.00 bits per heavy atom. The average Bonchev–Trinajstić information content (AvgIpc) is 2.20. The Morgan fingerprint density at radius 3 is 2.44 bits per heavy atom. The summed E-state index contributed by atoms with van der Waals surface area (Å²) in [6.07, 6.45) is 0. The molecule has 0 fully saturated rings. The molecule has 0 aliphatic rings. The third kappa shape index (κ3) is 2.27. The smallest absolute Gasteiger partial charge is 0.131 e. The molecule has 81 valence electrons. The number of hydrogen-bond donors (Lipinski definition) is 0. The lowest BCUT2D eigenvalue weighted by molar-refractivity contribution is 0.600. The van der Waals surface area contributed by atoms with E-state index in [0.717, 1.165) is 18.2 Å². The molecule has 0 bridgehead atoms. The molecule has 0 saturated carbocycles. The molecule has 0 heterocycles. The number of benzene rings is 2. The number of halogens is 4. The zero-order chi connectivity index (χ0) is 11.7. The van der Waals surface area contributed by atoms with Gasteiger partial charge in [0.1, 0.15) is 17.5 Å². The van der Waals surface area contributed by atoms with Crippen LogP contribution in [0, 0.1) is 23.5 Å². The first-order valence-corrected chi connectivity index (χ1v) is 5.19. The van der Waals surface area contributed by atoms with E-state index in [1.165, 1.54) is 12.1 Å². The quantitative estimate of drug-likeness (QED) is 0.731. The van der Waals surface area contributed by atoms with Crippen LogP contribution in [0.25, 0.3) is 11.1 Å². The molecule has 0 aromatic heterocycles. The Labute approximate surface area is 98.9 Å². The van der Waals surface area contributed by atoms with E-state index < -0.39 is 17.5 Å². The van der Waals surface area contributed by atoms with Crippen molar-refractivity contribution in [3.05, 3.63) is 58.3 Å². The summed E-state index contributed by atoms with van der Waals surface area (Å²) >= 11 is 3.09. The fourth-order valence-electron chi connectivity index (χ4n) is 1.38. The van der Waals surface area contributed by atoms with E-state index >= 15 is 0 Å². The molecular weight excluding hydrogens is 281 g/mol. The molecule has 2 aromatic carbocycles. The Bertz CT molecular complexity index is 518. The van der Waals surface area contributed by atoms with Gasteiger partial charge < -0.3 is 0 Å². The molecule has 0 spiro atoms. The second-order valence-electron chi connectivity index (χ2n) is 3.20. The second kappa shape index (κ2) is 4.29. The van der Waals surface area contributed by atoms with Crippen molar-refractivity contribution in [1.82, 2.24) is 0 Å². The lowest BCUT2D eigenvalue weighted by Gasteiger charge is -2.04. The van der Waals surface area contributed by atoms with Crippen LogP contribution in [0.5, 0.6) is 0 Å². The van der Waals surface area contributed by atoms with E-state index in [9.17, 15) is 13.2 Å².